The van der Waals surface area contributed by atoms with E-state index < -0.39 is 0 Å². The first-order chi connectivity index (χ1) is 10.5. The van der Waals surface area contributed by atoms with E-state index in [0.29, 0.717) is 21.5 Å². The number of halogens is 3. The maximum absolute atomic E-state index is 13.2. The van der Waals surface area contributed by atoms with Crippen LogP contribution in [-0.4, -0.2) is 7.11 Å². The molecule has 6 heteroatoms. The van der Waals surface area contributed by atoms with E-state index in [1.54, 1.807) is 18.2 Å². The highest BCUT2D eigenvalue weighted by molar-refractivity contribution is 8.00. The molecule has 0 atom stereocenters. The normalized spacial score (nSPS) is 9.77. The van der Waals surface area contributed by atoms with Crippen molar-refractivity contribution in [1.29, 1.82) is 0 Å². The largest absolute Gasteiger partial charge is 0.494 e. The van der Waals surface area contributed by atoms with Crippen LogP contribution in [0.3, 0.4) is 0 Å². The topological polar surface area (TPSA) is 21.3 Å². The maximum atomic E-state index is 13.2. The van der Waals surface area contributed by atoms with E-state index in [0.717, 1.165) is 10.5 Å². The van der Waals surface area contributed by atoms with E-state index in [2.05, 4.69) is 4.72 Å². The van der Waals surface area contributed by atoms with Gasteiger partial charge in [-0.2, -0.15) is 0 Å². The molecule has 0 aliphatic heterocycles. The van der Waals surface area contributed by atoms with Crippen LogP contribution in [0.25, 0.3) is 0 Å². The quantitative estimate of drug-likeness (QED) is 0.620. The van der Waals surface area contributed by atoms with Crippen molar-refractivity contribution in [2.75, 3.05) is 11.8 Å². The molecule has 2 nitrogen and oxygen atoms in total. The predicted molar refractivity (Wildman–Crippen MR) is 95.0 cm³/mol. The predicted octanol–water partition coefficient (Wildman–Crippen LogP) is 6.59. The van der Waals surface area contributed by atoms with Gasteiger partial charge in [0, 0.05) is 5.02 Å². The highest BCUT2D eigenvalue weighted by atomic mass is 35.5. The second-order valence-corrected chi connectivity index (χ2v) is 5.77. The minimum Gasteiger partial charge on any atom is -0.494 e. The molecule has 0 fully saturated rings. The maximum Gasteiger partial charge on any atom is 0.152 e. The Balaban J connectivity index is 0.00000116. The van der Waals surface area contributed by atoms with Crippen molar-refractivity contribution in [2.24, 2.45) is 0 Å². The Kier molecular flexibility index (Phi) is 7.87. The summed E-state index contributed by atoms with van der Waals surface area (Å²) < 4.78 is 21.6. The van der Waals surface area contributed by atoms with Crippen LogP contribution in [0, 0.1) is 12.7 Å². The summed E-state index contributed by atoms with van der Waals surface area (Å²) in [7, 11) is 1.53. The van der Waals surface area contributed by atoms with E-state index in [4.69, 9.17) is 27.9 Å². The van der Waals surface area contributed by atoms with Crippen LogP contribution in [-0.2, 0) is 0 Å². The third kappa shape index (κ3) is 4.97. The molecule has 2 aromatic carbocycles. The minimum atomic E-state index is -0.296. The SMILES string of the molecule is CC.COc1c(Cl)cc(Cl)cc1SNc1cc(F)ccc1C. The van der Waals surface area contributed by atoms with Gasteiger partial charge >= 0.3 is 0 Å². The molecule has 0 aliphatic rings. The third-order valence-corrected chi connectivity index (χ3v) is 3.99. The average Bonchev–Trinajstić information content (AvgIpc) is 2.50. The van der Waals surface area contributed by atoms with Gasteiger partial charge in [-0.05, 0) is 48.7 Å². The molecule has 0 saturated carbocycles. The molecule has 0 aliphatic carbocycles. The first kappa shape index (κ1) is 18.9. The summed E-state index contributed by atoms with van der Waals surface area (Å²) in [4.78, 5) is 0.730. The standard InChI is InChI=1S/C14H12Cl2FNOS.C2H6/c1-8-3-4-10(17)7-12(8)18-20-13-6-9(15)5-11(16)14(13)19-2;1-2/h3-7,18H,1-2H3;1-2H3. The van der Waals surface area contributed by atoms with Crippen LogP contribution in [0.1, 0.15) is 19.4 Å². The van der Waals surface area contributed by atoms with E-state index in [-0.39, 0.29) is 5.82 Å². The Bertz CT molecular complexity index is 638. The van der Waals surface area contributed by atoms with Gasteiger partial charge in [0.05, 0.1) is 22.7 Å². The summed E-state index contributed by atoms with van der Waals surface area (Å²) in [6, 6.07) is 7.90. The molecule has 0 heterocycles. The zero-order valence-electron chi connectivity index (χ0n) is 12.8. The van der Waals surface area contributed by atoms with Gasteiger partial charge in [-0.1, -0.05) is 43.1 Å². The van der Waals surface area contributed by atoms with Crippen LogP contribution in [0.4, 0.5) is 10.1 Å². The fourth-order valence-electron chi connectivity index (χ4n) is 1.62. The van der Waals surface area contributed by atoms with Gasteiger partial charge < -0.3 is 9.46 Å². The third-order valence-electron chi connectivity index (χ3n) is 2.65. The number of ether oxygens (including phenoxy) is 1. The number of aryl methyl sites for hydroxylation is 1. The van der Waals surface area contributed by atoms with Crippen molar-refractivity contribution in [3.05, 3.63) is 51.8 Å². The van der Waals surface area contributed by atoms with E-state index in [9.17, 15) is 4.39 Å². The number of hydrogen-bond acceptors (Lipinski definition) is 3. The smallest absolute Gasteiger partial charge is 0.152 e. The van der Waals surface area contributed by atoms with Gasteiger partial charge in [-0.3, -0.25) is 0 Å². The lowest BCUT2D eigenvalue weighted by Crippen LogP contribution is -1.94. The fraction of sp³-hybridized carbons (Fsp3) is 0.250. The van der Waals surface area contributed by atoms with Crippen LogP contribution >= 0.6 is 35.1 Å². The average molecular weight is 362 g/mol. The van der Waals surface area contributed by atoms with Gasteiger partial charge in [0.1, 0.15) is 5.82 Å². The van der Waals surface area contributed by atoms with E-state index >= 15 is 0 Å². The Morgan fingerprint density at radius 1 is 1.14 bits per heavy atom. The number of anilines is 1. The zero-order valence-corrected chi connectivity index (χ0v) is 15.2. The first-order valence-corrected chi connectivity index (χ1v) is 8.30. The van der Waals surface area contributed by atoms with Gasteiger partial charge in [-0.25, -0.2) is 4.39 Å². The number of hydrogen-bond donors (Lipinski definition) is 1. The van der Waals surface area contributed by atoms with Crippen molar-refractivity contribution in [3.8, 4) is 5.75 Å². The lowest BCUT2D eigenvalue weighted by Gasteiger charge is -2.13. The molecule has 0 radical (unpaired) electrons. The molecule has 0 amide bonds. The number of rotatable bonds is 4. The summed E-state index contributed by atoms with van der Waals surface area (Å²) in [6.45, 7) is 5.89. The number of benzene rings is 2. The highest BCUT2D eigenvalue weighted by Crippen LogP contribution is 2.38. The summed E-state index contributed by atoms with van der Waals surface area (Å²) >= 11 is 13.3. The van der Waals surface area contributed by atoms with Crippen LogP contribution in [0.2, 0.25) is 10.0 Å². The molecule has 0 saturated heterocycles. The second-order valence-electron chi connectivity index (χ2n) is 4.08. The molecule has 1 N–H and O–H groups in total. The number of methoxy groups -OCH3 is 1. The summed E-state index contributed by atoms with van der Waals surface area (Å²) in [6.07, 6.45) is 0. The summed E-state index contributed by atoms with van der Waals surface area (Å²) in [5, 5.41) is 0.941. The van der Waals surface area contributed by atoms with Gasteiger partial charge in [0.2, 0.25) is 0 Å². The number of nitrogens with one attached hydrogen (secondary N) is 1. The molecule has 22 heavy (non-hydrogen) atoms. The minimum absolute atomic E-state index is 0.296. The van der Waals surface area contributed by atoms with E-state index in [1.165, 1.54) is 31.2 Å². The van der Waals surface area contributed by atoms with Crippen molar-refractivity contribution in [3.63, 3.8) is 0 Å². The zero-order chi connectivity index (χ0) is 16.7. The fourth-order valence-corrected chi connectivity index (χ4v) is 3.23. The Hall–Kier alpha value is -1.10. The van der Waals surface area contributed by atoms with Crippen molar-refractivity contribution in [1.82, 2.24) is 0 Å². The van der Waals surface area contributed by atoms with Crippen molar-refractivity contribution in [2.45, 2.75) is 25.7 Å². The molecule has 120 valence electrons. The molecule has 0 spiro atoms. The Labute approximate surface area is 145 Å². The van der Waals surface area contributed by atoms with Crippen molar-refractivity contribution >= 4 is 40.8 Å². The molecular formula is C16H18Cl2FNOS. The van der Waals surface area contributed by atoms with Crippen LogP contribution in [0.15, 0.2) is 35.2 Å². The van der Waals surface area contributed by atoms with Gasteiger partial charge in [0.25, 0.3) is 0 Å². The first-order valence-electron chi connectivity index (χ1n) is 6.73. The molecule has 2 rings (SSSR count). The Morgan fingerprint density at radius 2 is 1.82 bits per heavy atom. The second kappa shape index (κ2) is 9.13. The van der Waals surface area contributed by atoms with Crippen molar-refractivity contribution < 1.29 is 9.13 Å². The van der Waals surface area contributed by atoms with E-state index in [1.807, 2.05) is 20.8 Å². The molecular weight excluding hydrogens is 344 g/mol. The molecule has 2 aromatic rings. The van der Waals surface area contributed by atoms with Gasteiger partial charge in [-0.15, -0.1) is 0 Å². The lowest BCUT2D eigenvalue weighted by atomic mass is 10.2. The highest BCUT2D eigenvalue weighted by Gasteiger charge is 2.11. The molecule has 0 unspecified atom stereocenters. The monoisotopic (exact) mass is 361 g/mol. The molecule has 0 aromatic heterocycles. The van der Waals surface area contributed by atoms with Gasteiger partial charge in [0.15, 0.2) is 5.75 Å². The Morgan fingerprint density at radius 3 is 2.45 bits per heavy atom. The summed E-state index contributed by atoms with van der Waals surface area (Å²) in [5.41, 5.74) is 1.62. The van der Waals surface area contributed by atoms with Crippen LogP contribution < -0.4 is 9.46 Å². The van der Waals surface area contributed by atoms with Crippen LogP contribution in [0.5, 0.6) is 5.75 Å². The summed E-state index contributed by atoms with van der Waals surface area (Å²) in [5.74, 6) is 0.234. The molecule has 0 bridgehead atoms. The lowest BCUT2D eigenvalue weighted by molar-refractivity contribution is 0.405.